The Kier molecular flexibility index (Phi) is 6.86. The number of amidine groups is 1. The zero-order valence-electron chi connectivity index (χ0n) is 17.9. The van der Waals surface area contributed by atoms with Gasteiger partial charge in [0.2, 0.25) is 0 Å². The maximum absolute atomic E-state index is 6.22. The highest BCUT2D eigenvalue weighted by molar-refractivity contribution is 5.95. The summed E-state index contributed by atoms with van der Waals surface area (Å²) >= 11 is 0. The largest absolute Gasteiger partial charge is 0.486 e. The fourth-order valence-electron chi connectivity index (χ4n) is 3.47. The van der Waals surface area contributed by atoms with Crippen molar-refractivity contribution in [3.8, 4) is 11.5 Å². The van der Waals surface area contributed by atoms with Gasteiger partial charge in [-0.3, -0.25) is 0 Å². The van der Waals surface area contributed by atoms with E-state index in [2.05, 4.69) is 49.1 Å². The van der Waals surface area contributed by atoms with Crippen molar-refractivity contribution in [3.63, 3.8) is 0 Å². The minimum Gasteiger partial charge on any atom is -0.486 e. The third-order valence-electron chi connectivity index (χ3n) is 4.98. The molecule has 0 aromatic heterocycles. The summed E-state index contributed by atoms with van der Waals surface area (Å²) in [5, 5.41) is 6.70. The fraction of sp³-hybridized carbons (Fsp3) is 0.435. The maximum atomic E-state index is 6.22. The molecular formula is C23H32N4O2. The van der Waals surface area contributed by atoms with Gasteiger partial charge in [0, 0.05) is 30.7 Å². The van der Waals surface area contributed by atoms with E-state index in [0.29, 0.717) is 6.61 Å². The van der Waals surface area contributed by atoms with E-state index in [0.717, 1.165) is 48.1 Å². The van der Waals surface area contributed by atoms with Gasteiger partial charge >= 0.3 is 0 Å². The minimum absolute atomic E-state index is 0.179. The van der Waals surface area contributed by atoms with Crippen LogP contribution in [0, 0.1) is 0 Å². The molecule has 0 saturated carbocycles. The smallest absolute Gasteiger partial charge is 0.173 e. The second-order valence-electron chi connectivity index (χ2n) is 7.35. The number of nitrogens with zero attached hydrogens (tertiary/aromatic N) is 2. The molecule has 0 aliphatic carbocycles. The number of likely N-dealkylation sites (N-methyl/N-ethyl adjacent to an activating group) is 1. The predicted octanol–water partition coefficient (Wildman–Crippen LogP) is 3.80. The zero-order chi connectivity index (χ0) is 20.8. The van der Waals surface area contributed by atoms with Crippen LogP contribution in [0.15, 0.2) is 65.1 Å². The average Bonchev–Trinajstić information content (AvgIpc) is 2.72. The van der Waals surface area contributed by atoms with E-state index in [1.165, 1.54) is 5.70 Å². The molecule has 6 heteroatoms. The van der Waals surface area contributed by atoms with Gasteiger partial charge in [-0.25, -0.2) is 4.99 Å². The number of fused-ring (bicyclic) bond motifs is 1. The molecular weight excluding hydrogens is 364 g/mol. The summed E-state index contributed by atoms with van der Waals surface area (Å²) in [6, 6.07) is 7.76. The molecule has 0 saturated heterocycles. The van der Waals surface area contributed by atoms with Gasteiger partial charge in [0.1, 0.15) is 12.4 Å². The summed E-state index contributed by atoms with van der Waals surface area (Å²) in [6.45, 7) is 11.9. The van der Waals surface area contributed by atoms with Gasteiger partial charge in [-0.15, -0.1) is 0 Å². The average molecular weight is 397 g/mol. The van der Waals surface area contributed by atoms with Crippen molar-refractivity contribution >= 4 is 5.84 Å². The molecule has 156 valence electrons. The van der Waals surface area contributed by atoms with E-state index < -0.39 is 0 Å². The van der Waals surface area contributed by atoms with Crippen molar-refractivity contribution in [1.82, 2.24) is 15.5 Å². The normalized spacial score (nSPS) is 21.2. The fourth-order valence-corrected chi connectivity index (χ4v) is 3.47. The first-order valence-corrected chi connectivity index (χ1v) is 10.3. The standard InChI is InChI=1S/C23H32N4O2/c1-6-12-24-16(3)13-17(4)25-22-14-18(7-2)27(5)23(26-22)21-15-28-19-10-8-9-11-20(19)29-21/h8-11,13-14,21,23-24H,4,6-7,12,15H2,1-3,5H3,(H,25,26)/b16-13-. The van der Waals surface area contributed by atoms with Crippen LogP contribution >= 0.6 is 0 Å². The Balaban J connectivity index is 1.75. The SMILES string of the molecule is C=C(/C=C(/C)NCCC)NC1=NC(C2COc3ccccc3O2)N(C)C(CC)=C1. The van der Waals surface area contributed by atoms with Gasteiger partial charge in [-0.05, 0) is 44.1 Å². The number of nitrogens with one attached hydrogen (secondary N) is 2. The number of allylic oxidation sites excluding steroid dienone is 3. The monoisotopic (exact) mass is 396 g/mol. The molecule has 3 rings (SSSR count). The van der Waals surface area contributed by atoms with Crippen LogP contribution in [0.2, 0.25) is 0 Å². The Labute approximate surface area is 174 Å². The Morgan fingerprint density at radius 3 is 2.79 bits per heavy atom. The lowest BCUT2D eigenvalue weighted by Gasteiger charge is -2.39. The number of hydrogen-bond donors (Lipinski definition) is 2. The number of rotatable bonds is 7. The number of benzene rings is 1. The summed E-state index contributed by atoms with van der Waals surface area (Å²) in [7, 11) is 2.05. The predicted molar refractivity (Wildman–Crippen MR) is 118 cm³/mol. The Bertz CT molecular complexity index is 828. The van der Waals surface area contributed by atoms with E-state index in [9.17, 15) is 0 Å². The number of hydrogen-bond acceptors (Lipinski definition) is 6. The molecule has 0 bridgehead atoms. The Morgan fingerprint density at radius 1 is 1.31 bits per heavy atom. The molecule has 2 unspecified atom stereocenters. The van der Waals surface area contributed by atoms with Crippen LogP contribution in [0.25, 0.3) is 0 Å². The van der Waals surface area contributed by atoms with Gasteiger partial charge in [-0.1, -0.05) is 32.6 Å². The maximum Gasteiger partial charge on any atom is 0.173 e. The van der Waals surface area contributed by atoms with E-state index in [4.69, 9.17) is 14.5 Å². The summed E-state index contributed by atoms with van der Waals surface area (Å²) in [4.78, 5) is 7.07. The van der Waals surface area contributed by atoms with Crippen molar-refractivity contribution in [2.24, 2.45) is 4.99 Å². The second-order valence-corrected chi connectivity index (χ2v) is 7.35. The minimum atomic E-state index is -0.196. The third-order valence-corrected chi connectivity index (χ3v) is 4.98. The summed E-state index contributed by atoms with van der Waals surface area (Å²) in [5.41, 5.74) is 3.06. The van der Waals surface area contributed by atoms with Crippen LogP contribution in [-0.2, 0) is 0 Å². The summed E-state index contributed by atoms with van der Waals surface area (Å²) in [5.74, 6) is 2.33. The molecule has 0 radical (unpaired) electrons. The molecule has 0 spiro atoms. The van der Waals surface area contributed by atoms with Crippen LogP contribution in [0.4, 0.5) is 0 Å². The van der Waals surface area contributed by atoms with E-state index in [1.54, 1.807) is 0 Å². The van der Waals surface area contributed by atoms with Crippen molar-refractivity contribution in [1.29, 1.82) is 0 Å². The molecule has 6 nitrogen and oxygen atoms in total. The highest BCUT2D eigenvalue weighted by Gasteiger charge is 2.34. The number of ether oxygens (including phenoxy) is 2. The highest BCUT2D eigenvalue weighted by Crippen LogP contribution is 2.33. The number of aliphatic imine (C=N–C) groups is 1. The van der Waals surface area contributed by atoms with E-state index in [-0.39, 0.29) is 12.3 Å². The van der Waals surface area contributed by atoms with Crippen LogP contribution in [-0.4, -0.2) is 43.2 Å². The molecule has 1 aromatic carbocycles. The molecule has 1 aromatic rings. The van der Waals surface area contributed by atoms with Gasteiger partial charge in [0.05, 0.1) is 0 Å². The van der Waals surface area contributed by atoms with Crippen LogP contribution in [0.3, 0.4) is 0 Å². The summed E-state index contributed by atoms with van der Waals surface area (Å²) < 4.78 is 12.1. The molecule has 2 aliphatic heterocycles. The quantitative estimate of drug-likeness (QED) is 0.687. The van der Waals surface area contributed by atoms with Crippen molar-refractivity contribution in [2.75, 3.05) is 20.2 Å². The van der Waals surface area contributed by atoms with Gasteiger partial charge in [0.25, 0.3) is 0 Å². The number of para-hydroxylation sites is 2. The molecule has 0 amide bonds. The van der Waals surface area contributed by atoms with Gasteiger partial charge < -0.3 is 25.0 Å². The first-order valence-electron chi connectivity index (χ1n) is 10.3. The first-order chi connectivity index (χ1) is 14.0. The Hall–Kier alpha value is -2.89. The zero-order valence-corrected chi connectivity index (χ0v) is 17.9. The van der Waals surface area contributed by atoms with Crippen LogP contribution in [0.1, 0.15) is 33.6 Å². The van der Waals surface area contributed by atoms with E-state index in [1.807, 2.05) is 37.3 Å². The van der Waals surface area contributed by atoms with Gasteiger partial charge in [0.15, 0.2) is 23.8 Å². The molecule has 2 aliphatic rings. The molecule has 29 heavy (non-hydrogen) atoms. The third kappa shape index (κ3) is 5.13. The Morgan fingerprint density at radius 2 is 2.07 bits per heavy atom. The lowest BCUT2D eigenvalue weighted by Crippen LogP contribution is -2.49. The van der Waals surface area contributed by atoms with E-state index >= 15 is 0 Å². The molecule has 2 N–H and O–H groups in total. The van der Waals surface area contributed by atoms with Crippen LogP contribution in [0.5, 0.6) is 11.5 Å². The lowest BCUT2D eigenvalue weighted by molar-refractivity contribution is 0.0340. The lowest BCUT2D eigenvalue weighted by atomic mass is 10.1. The molecule has 0 fully saturated rings. The van der Waals surface area contributed by atoms with Crippen LogP contribution < -0.4 is 20.1 Å². The molecule has 2 heterocycles. The topological polar surface area (TPSA) is 58.1 Å². The first kappa shape index (κ1) is 20.8. The molecule has 2 atom stereocenters. The van der Waals surface area contributed by atoms with Crippen molar-refractivity contribution in [2.45, 2.75) is 45.9 Å². The summed E-state index contributed by atoms with van der Waals surface area (Å²) in [6.07, 6.45) is 5.68. The van der Waals surface area contributed by atoms with Gasteiger partial charge in [-0.2, -0.15) is 0 Å². The van der Waals surface area contributed by atoms with Crippen molar-refractivity contribution in [3.05, 3.63) is 60.1 Å². The van der Waals surface area contributed by atoms with Crippen molar-refractivity contribution < 1.29 is 9.47 Å². The second kappa shape index (κ2) is 9.54. The highest BCUT2D eigenvalue weighted by atomic mass is 16.6.